The maximum Gasteiger partial charge on any atom is 0.217 e. The van der Waals surface area contributed by atoms with Gasteiger partial charge in [0.05, 0.1) is 18.8 Å². The summed E-state index contributed by atoms with van der Waals surface area (Å²) in [6.07, 6.45) is 1.16. The minimum Gasteiger partial charge on any atom is -0.394 e. The fourth-order valence-corrected chi connectivity index (χ4v) is 2.02. The molecular weight excluding hydrogens is 298 g/mol. The lowest BCUT2D eigenvalue weighted by molar-refractivity contribution is -0.122. The van der Waals surface area contributed by atoms with E-state index >= 15 is 0 Å². The van der Waals surface area contributed by atoms with Crippen molar-refractivity contribution in [3.63, 3.8) is 0 Å². The number of aryl methyl sites for hydroxylation is 1. The number of aliphatic hydroxyl groups excluding tert-OH is 2. The lowest BCUT2D eigenvalue weighted by Gasteiger charge is -2.30. The summed E-state index contributed by atoms with van der Waals surface area (Å²) in [5, 5.41) is 21.4. The second kappa shape index (κ2) is 6.87. The van der Waals surface area contributed by atoms with Crippen molar-refractivity contribution in [2.75, 3.05) is 13.2 Å². The summed E-state index contributed by atoms with van der Waals surface area (Å²) in [4.78, 5) is 11.1. The van der Waals surface area contributed by atoms with Gasteiger partial charge in [0.25, 0.3) is 0 Å². The fourth-order valence-electron chi connectivity index (χ4n) is 1.76. The van der Waals surface area contributed by atoms with E-state index in [0.717, 1.165) is 10.0 Å². The van der Waals surface area contributed by atoms with Crippen LogP contribution in [0.25, 0.3) is 0 Å². The van der Waals surface area contributed by atoms with Gasteiger partial charge in [0, 0.05) is 11.4 Å². The van der Waals surface area contributed by atoms with Crippen molar-refractivity contribution >= 4 is 21.8 Å². The highest BCUT2D eigenvalue weighted by molar-refractivity contribution is 9.10. The molecule has 5 heteroatoms. The smallest absolute Gasteiger partial charge is 0.217 e. The van der Waals surface area contributed by atoms with Crippen molar-refractivity contribution in [3.8, 4) is 0 Å². The Morgan fingerprint density at radius 2 is 1.83 bits per heavy atom. The van der Waals surface area contributed by atoms with Crippen LogP contribution in [0.4, 0.5) is 0 Å². The van der Waals surface area contributed by atoms with E-state index in [1.54, 1.807) is 0 Å². The molecule has 1 aromatic carbocycles. The van der Waals surface area contributed by atoms with E-state index < -0.39 is 5.54 Å². The molecule has 0 heterocycles. The molecule has 0 spiro atoms. The van der Waals surface area contributed by atoms with E-state index in [9.17, 15) is 15.0 Å². The van der Waals surface area contributed by atoms with Crippen LogP contribution in [0.5, 0.6) is 0 Å². The zero-order chi connectivity index (χ0) is 13.6. The van der Waals surface area contributed by atoms with Crippen molar-refractivity contribution in [1.29, 1.82) is 0 Å². The standard InChI is InChI=1S/C13H18BrNO3/c1-10(18)15-13(8-16,9-17)7-6-11-2-4-12(14)5-3-11/h2-5,16-17H,6-9H2,1H3,(H,15,18). The molecule has 0 saturated carbocycles. The molecule has 100 valence electrons. The number of aliphatic hydroxyl groups is 2. The Balaban J connectivity index is 2.67. The zero-order valence-electron chi connectivity index (χ0n) is 10.3. The van der Waals surface area contributed by atoms with Gasteiger partial charge < -0.3 is 15.5 Å². The van der Waals surface area contributed by atoms with Gasteiger partial charge in [-0.2, -0.15) is 0 Å². The molecule has 0 unspecified atom stereocenters. The number of hydrogen-bond donors (Lipinski definition) is 3. The first-order valence-corrected chi connectivity index (χ1v) is 6.55. The number of carbonyl (C=O) groups is 1. The van der Waals surface area contributed by atoms with Gasteiger partial charge in [0.2, 0.25) is 5.91 Å². The quantitative estimate of drug-likeness (QED) is 0.740. The Kier molecular flexibility index (Phi) is 5.78. The molecule has 0 atom stereocenters. The summed E-state index contributed by atoms with van der Waals surface area (Å²) in [5.41, 5.74) is 0.147. The van der Waals surface area contributed by atoms with E-state index in [2.05, 4.69) is 21.2 Å². The molecule has 1 amide bonds. The third-order valence-electron chi connectivity index (χ3n) is 2.85. The second-order valence-electron chi connectivity index (χ2n) is 4.40. The summed E-state index contributed by atoms with van der Waals surface area (Å²) >= 11 is 3.36. The molecule has 0 aliphatic heterocycles. The van der Waals surface area contributed by atoms with Gasteiger partial charge in [0.1, 0.15) is 0 Å². The number of hydrogen-bond acceptors (Lipinski definition) is 3. The summed E-state index contributed by atoms with van der Waals surface area (Å²) < 4.78 is 1.00. The van der Waals surface area contributed by atoms with Crippen LogP contribution < -0.4 is 5.32 Å². The molecule has 0 aliphatic rings. The molecule has 0 aromatic heterocycles. The molecule has 0 fully saturated rings. The van der Waals surface area contributed by atoms with Crippen LogP contribution in [0.15, 0.2) is 28.7 Å². The first kappa shape index (κ1) is 15.1. The van der Waals surface area contributed by atoms with Crippen molar-refractivity contribution < 1.29 is 15.0 Å². The maximum atomic E-state index is 11.1. The third-order valence-corrected chi connectivity index (χ3v) is 3.38. The third kappa shape index (κ3) is 4.40. The zero-order valence-corrected chi connectivity index (χ0v) is 11.9. The average molecular weight is 316 g/mol. The first-order chi connectivity index (χ1) is 8.51. The van der Waals surface area contributed by atoms with Gasteiger partial charge in [-0.05, 0) is 30.5 Å². The number of benzene rings is 1. The van der Waals surface area contributed by atoms with Crippen LogP contribution >= 0.6 is 15.9 Å². The Hall–Kier alpha value is -0.910. The molecule has 0 radical (unpaired) electrons. The van der Waals surface area contributed by atoms with Gasteiger partial charge in [-0.3, -0.25) is 4.79 Å². The van der Waals surface area contributed by atoms with Gasteiger partial charge in [0.15, 0.2) is 0 Å². The molecule has 0 saturated heterocycles. The highest BCUT2D eigenvalue weighted by atomic mass is 79.9. The minimum atomic E-state index is -0.946. The maximum absolute atomic E-state index is 11.1. The number of amides is 1. The first-order valence-electron chi connectivity index (χ1n) is 5.76. The number of carbonyl (C=O) groups excluding carboxylic acids is 1. The van der Waals surface area contributed by atoms with Crippen LogP contribution in [0, 0.1) is 0 Å². The van der Waals surface area contributed by atoms with Crippen molar-refractivity contribution in [3.05, 3.63) is 34.3 Å². The SMILES string of the molecule is CC(=O)NC(CO)(CO)CCc1ccc(Br)cc1. The van der Waals surface area contributed by atoms with Crippen molar-refractivity contribution in [2.24, 2.45) is 0 Å². The van der Waals surface area contributed by atoms with Crippen LogP contribution in [-0.4, -0.2) is 34.9 Å². The van der Waals surface area contributed by atoms with E-state index in [-0.39, 0.29) is 19.1 Å². The normalized spacial score (nSPS) is 11.3. The monoisotopic (exact) mass is 315 g/mol. The lowest BCUT2D eigenvalue weighted by Crippen LogP contribution is -2.53. The molecular formula is C13H18BrNO3. The lowest BCUT2D eigenvalue weighted by atomic mass is 9.92. The molecule has 1 aromatic rings. The Morgan fingerprint density at radius 3 is 2.28 bits per heavy atom. The molecule has 18 heavy (non-hydrogen) atoms. The van der Waals surface area contributed by atoms with Crippen LogP contribution in [0.1, 0.15) is 18.9 Å². The van der Waals surface area contributed by atoms with Gasteiger partial charge in [-0.1, -0.05) is 28.1 Å². The van der Waals surface area contributed by atoms with Crippen LogP contribution in [-0.2, 0) is 11.2 Å². The van der Waals surface area contributed by atoms with E-state index in [1.165, 1.54) is 6.92 Å². The molecule has 3 N–H and O–H groups in total. The Bertz CT molecular complexity index is 388. The Labute approximate surface area is 115 Å². The molecule has 0 bridgehead atoms. The average Bonchev–Trinajstić information content (AvgIpc) is 2.36. The van der Waals surface area contributed by atoms with Crippen LogP contribution in [0.3, 0.4) is 0 Å². The van der Waals surface area contributed by atoms with Gasteiger partial charge in [-0.25, -0.2) is 0 Å². The number of rotatable bonds is 6. The highest BCUT2D eigenvalue weighted by Crippen LogP contribution is 2.16. The number of halogens is 1. The summed E-state index contributed by atoms with van der Waals surface area (Å²) in [6, 6.07) is 7.81. The summed E-state index contributed by atoms with van der Waals surface area (Å²) in [6.45, 7) is 0.818. The van der Waals surface area contributed by atoms with Crippen LogP contribution in [0.2, 0.25) is 0 Å². The van der Waals surface area contributed by atoms with Gasteiger partial charge >= 0.3 is 0 Å². The predicted octanol–water partition coefficient (Wildman–Crippen LogP) is 1.24. The minimum absolute atomic E-state index is 0.256. The van der Waals surface area contributed by atoms with E-state index in [1.807, 2.05) is 24.3 Å². The Morgan fingerprint density at radius 1 is 1.28 bits per heavy atom. The molecule has 1 rings (SSSR count). The summed E-state index contributed by atoms with van der Waals surface area (Å²) in [7, 11) is 0. The molecule has 0 aliphatic carbocycles. The molecule has 4 nitrogen and oxygen atoms in total. The van der Waals surface area contributed by atoms with Gasteiger partial charge in [-0.15, -0.1) is 0 Å². The largest absolute Gasteiger partial charge is 0.394 e. The van der Waals surface area contributed by atoms with E-state index in [0.29, 0.717) is 12.8 Å². The predicted molar refractivity (Wildman–Crippen MR) is 73.2 cm³/mol. The van der Waals surface area contributed by atoms with E-state index in [4.69, 9.17) is 0 Å². The second-order valence-corrected chi connectivity index (χ2v) is 5.32. The number of nitrogens with one attached hydrogen (secondary N) is 1. The fraction of sp³-hybridized carbons (Fsp3) is 0.462. The summed E-state index contributed by atoms with van der Waals surface area (Å²) in [5.74, 6) is -0.256. The topological polar surface area (TPSA) is 69.6 Å². The van der Waals surface area contributed by atoms with Crippen molar-refractivity contribution in [2.45, 2.75) is 25.3 Å². The highest BCUT2D eigenvalue weighted by Gasteiger charge is 2.29. The van der Waals surface area contributed by atoms with Crippen molar-refractivity contribution in [1.82, 2.24) is 5.32 Å².